The summed E-state index contributed by atoms with van der Waals surface area (Å²) in [5.41, 5.74) is 0.845. The Morgan fingerprint density at radius 2 is 1.74 bits per heavy atom. The van der Waals surface area contributed by atoms with Gasteiger partial charge in [-0.05, 0) is 24.6 Å². The largest absolute Gasteiger partial charge is 0.493 e. The molecule has 0 aliphatic carbocycles. The number of ether oxygens (including phenoxy) is 1. The van der Waals surface area contributed by atoms with Gasteiger partial charge < -0.3 is 9.84 Å². The second-order valence-corrected chi connectivity index (χ2v) is 5.80. The van der Waals surface area contributed by atoms with Crippen molar-refractivity contribution in [2.24, 2.45) is 0 Å². The van der Waals surface area contributed by atoms with Crippen molar-refractivity contribution in [2.45, 2.75) is 58.5 Å². The van der Waals surface area contributed by atoms with Crippen LogP contribution in [0.15, 0.2) is 22.7 Å². The van der Waals surface area contributed by atoms with Crippen molar-refractivity contribution in [1.29, 1.82) is 0 Å². The number of hydrogen-bond acceptors (Lipinski definition) is 2. The summed E-state index contributed by atoms with van der Waals surface area (Å²) in [4.78, 5) is 0. The molecule has 0 radical (unpaired) electrons. The highest BCUT2D eigenvalue weighted by molar-refractivity contribution is 9.10. The monoisotopic (exact) mass is 328 g/mol. The number of unbranched alkanes of at least 4 members (excludes halogenated alkanes) is 6. The van der Waals surface area contributed by atoms with Gasteiger partial charge in [0.15, 0.2) is 0 Å². The minimum absolute atomic E-state index is 0.0196. The average Bonchev–Trinajstić information content (AvgIpc) is 2.43. The third-order valence-electron chi connectivity index (χ3n) is 3.20. The standard InChI is InChI=1S/C16H25BrO2/c1-2-3-4-5-6-7-8-11-19-16-10-9-15(17)12-14(16)13-18/h9-10,12,18H,2-8,11,13H2,1H3. The van der Waals surface area contributed by atoms with Crippen molar-refractivity contribution in [2.75, 3.05) is 6.61 Å². The Bertz CT molecular complexity index is 353. The van der Waals surface area contributed by atoms with E-state index in [2.05, 4.69) is 22.9 Å². The second kappa shape index (κ2) is 10.3. The predicted octanol–water partition coefficient (Wildman–Crippen LogP) is 5.07. The summed E-state index contributed by atoms with van der Waals surface area (Å²) in [6.07, 6.45) is 8.98. The smallest absolute Gasteiger partial charge is 0.124 e. The van der Waals surface area contributed by atoms with Crippen LogP contribution in [0.4, 0.5) is 0 Å². The number of aliphatic hydroxyl groups is 1. The maximum absolute atomic E-state index is 9.27. The first-order valence-corrected chi connectivity index (χ1v) is 8.09. The first kappa shape index (κ1) is 16.5. The zero-order valence-electron chi connectivity index (χ0n) is 11.8. The molecule has 0 saturated heterocycles. The Hall–Kier alpha value is -0.540. The van der Waals surface area contributed by atoms with Gasteiger partial charge in [-0.25, -0.2) is 0 Å². The Morgan fingerprint density at radius 3 is 2.42 bits per heavy atom. The maximum atomic E-state index is 9.27. The highest BCUT2D eigenvalue weighted by atomic mass is 79.9. The fraction of sp³-hybridized carbons (Fsp3) is 0.625. The normalized spacial score (nSPS) is 10.7. The summed E-state index contributed by atoms with van der Waals surface area (Å²) in [6, 6.07) is 5.76. The van der Waals surface area contributed by atoms with Crippen LogP contribution in [0, 0.1) is 0 Å². The quantitative estimate of drug-likeness (QED) is 0.607. The Kier molecular flexibility index (Phi) is 8.93. The molecule has 0 atom stereocenters. The molecule has 0 spiro atoms. The molecule has 0 aliphatic heterocycles. The van der Waals surface area contributed by atoms with Gasteiger partial charge in [-0.3, -0.25) is 0 Å². The Labute approximate surface area is 125 Å². The molecule has 1 N–H and O–H groups in total. The van der Waals surface area contributed by atoms with Crippen molar-refractivity contribution in [3.8, 4) is 5.75 Å². The van der Waals surface area contributed by atoms with Gasteiger partial charge in [-0.15, -0.1) is 0 Å². The van der Waals surface area contributed by atoms with Gasteiger partial charge in [0.05, 0.1) is 13.2 Å². The molecule has 3 heteroatoms. The molecule has 1 aromatic rings. The van der Waals surface area contributed by atoms with E-state index in [0.717, 1.165) is 28.8 Å². The lowest BCUT2D eigenvalue weighted by Crippen LogP contribution is -2.00. The summed E-state index contributed by atoms with van der Waals surface area (Å²) in [7, 11) is 0. The van der Waals surface area contributed by atoms with Gasteiger partial charge >= 0.3 is 0 Å². The lowest BCUT2D eigenvalue weighted by molar-refractivity contribution is 0.259. The molecule has 0 saturated carbocycles. The van der Waals surface area contributed by atoms with E-state index in [1.165, 1.54) is 38.5 Å². The maximum Gasteiger partial charge on any atom is 0.124 e. The minimum Gasteiger partial charge on any atom is -0.493 e. The third-order valence-corrected chi connectivity index (χ3v) is 3.69. The molecule has 0 bridgehead atoms. The zero-order chi connectivity index (χ0) is 13.9. The van der Waals surface area contributed by atoms with E-state index in [1.807, 2.05) is 18.2 Å². The molecule has 0 fully saturated rings. The van der Waals surface area contributed by atoms with Crippen LogP contribution in [-0.4, -0.2) is 11.7 Å². The molecule has 2 nitrogen and oxygen atoms in total. The van der Waals surface area contributed by atoms with Crippen LogP contribution in [0.1, 0.15) is 57.4 Å². The SMILES string of the molecule is CCCCCCCCCOc1ccc(Br)cc1CO. The highest BCUT2D eigenvalue weighted by Gasteiger charge is 2.03. The molecular weight excluding hydrogens is 304 g/mol. The van der Waals surface area contributed by atoms with Gasteiger partial charge in [0, 0.05) is 10.0 Å². The lowest BCUT2D eigenvalue weighted by Gasteiger charge is -2.10. The predicted molar refractivity (Wildman–Crippen MR) is 83.6 cm³/mol. The molecule has 0 aromatic heterocycles. The van der Waals surface area contributed by atoms with Crippen molar-refractivity contribution in [1.82, 2.24) is 0 Å². The van der Waals surface area contributed by atoms with E-state index in [0.29, 0.717) is 0 Å². The van der Waals surface area contributed by atoms with Crippen LogP contribution < -0.4 is 4.74 Å². The number of hydrogen-bond donors (Lipinski definition) is 1. The minimum atomic E-state index is 0.0196. The highest BCUT2D eigenvalue weighted by Crippen LogP contribution is 2.23. The van der Waals surface area contributed by atoms with E-state index < -0.39 is 0 Å². The molecule has 108 valence electrons. The summed E-state index contributed by atoms with van der Waals surface area (Å²) in [5.74, 6) is 0.802. The first-order chi connectivity index (χ1) is 9.27. The summed E-state index contributed by atoms with van der Waals surface area (Å²) >= 11 is 3.39. The molecule has 0 aliphatic rings. The average molecular weight is 329 g/mol. The molecule has 0 unspecified atom stereocenters. The lowest BCUT2D eigenvalue weighted by atomic mass is 10.1. The van der Waals surface area contributed by atoms with E-state index in [1.54, 1.807) is 0 Å². The Balaban J connectivity index is 2.15. The molecule has 0 heterocycles. The van der Waals surface area contributed by atoms with Crippen molar-refractivity contribution in [3.05, 3.63) is 28.2 Å². The Morgan fingerprint density at radius 1 is 1.05 bits per heavy atom. The molecule has 0 amide bonds. The van der Waals surface area contributed by atoms with Crippen molar-refractivity contribution < 1.29 is 9.84 Å². The van der Waals surface area contributed by atoms with Crippen LogP contribution in [0.25, 0.3) is 0 Å². The summed E-state index contributed by atoms with van der Waals surface area (Å²) < 4.78 is 6.70. The van der Waals surface area contributed by atoms with Crippen LogP contribution in [0.3, 0.4) is 0 Å². The number of aliphatic hydroxyl groups excluding tert-OH is 1. The summed E-state index contributed by atoms with van der Waals surface area (Å²) in [5, 5.41) is 9.27. The number of halogens is 1. The van der Waals surface area contributed by atoms with Gasteiger partial charge in [0.1, 0.15) is 5.75 Å². The van der Waals surface area contributed by atoms with Crippen LogP contribution in [0.2, 0.25) is 0 Å². The van der Waals surface area contributed by atoms with Gasteiger partial charge in [-0.1, -0.05) is 61.4 Å². The van der Waals surface area contributed by atoms with E-state index in [-0.39, 0.29) is 6.61 Å². The van der Waals surface area contributed by atoms with E-state index in [4.69, 9.17) is 4.74 Å². The van der Waals surface area contributed by atoms with Gasteiger partial charge in [0.2, 0.25) is 0 Å². The molecule has 1 aromatic carbocycles. The molecule has 1 rings (SSSR count). The van der Waals surface area contributed by atoms with Crippen LogP contribution >= 0.6 is 15.9 Å². The van der Waals surface area contributed by atoms with Crippen LogP contribution in [-0.2, 0) is 6.61 Å². The fourth-order valence-corrected chi connectivity index (χ4v) is 2.46. The van der Waals surface area contributed by atoms with Crippen molar-refractivity contribution >= 4 is 15.9 Å². The van der Waals surface area contributed by atoms with E-state index >= 15 is 0 Å². The van der Waals surface area contributed by atoms with Gasteiger partial charge in [-0.2, -0.15) is 0 Å². The topological polar surface area (TPSA) is 29.5 Å². The van der Waals surface area contributed by atoms with Gasteiger partial charge in [0.25, 0.3) is 0 Å². The molecule has 19 heavy (non-hydrogen) atoms. The van der Waals surface area contributed by atoms with E-state index in [9.17, 15) is 5.11 Å². The first-order valence-electron chi connectivity index (χ1n) is 7.30. The van der Waals surface area contributed by atoms with Crippen LogP contribution in [0.5, 0.6) is 5.75 Å². The third kappa shape index (κ3) is 6.98. The fourth-order valence-electron chi connectivity index (χ4n) is 2.05. The zero-order valence-corrected chi connectivity index (χ0v) is 13.4. The molecular formula is C16H25BrO2. The number of rotatable bonds is 10. The van der Waals surface area contributed by atoms with Crippen molar-refractivity contribution in [3.63, 3.8) is 0 Å². The second-order valence-electron chi connectivity index (χ2n) is 4.88. The summed E-state index contributed by atoms with van der Waals surface area (Å²) in [6.45, 7) is 3.00. The number of benzene rings is 1.